The number of hydrogen-bond donors (Lipinski definition) is 2. The van der Waals surface area contributed by atoms with Crippen molar-refractivity contribution in [1.82, 2.24) is 0 Å². The van der Waals surface area contributed by atoms with Crippen LogP contribution < -0.4 is 0 Å². The first-order valence-electron chi connectivity index (χ1n) is 9.24. The molecule has 0 saturated carbocycles. The predicted octanol–water partition coefficient (Wildman–Crippen LogP) is 5.89. The normalized spacial score (nSPS) is 10.4. The second-order valence-corrected chi connectivity index (χ2v) is 6.30. The highest BCUT2D eigenvalue weighted by Gasteiger charge is 2.19. The molecular weight excluding hydrogens is 424 g/mol. The van der Waals surface area contributed by atoms with Crippen LogP contribution in [-0.4, -0.2) is 21.8 Å². The Bertz CT molecular complexity index is 1120. The van der Waals surface area contributed by atoms with Crippen molar-refractivity contribution in [1.29, 1.82) is 0 Å². The van der Waals surface area contributed by atoms with Gasteiger partial charge in [0.05, 0.1) is 0 Å². The number of phenolic OH excluding ortho intramolecular Hbond substituents is 2. The summed E-state index contributed by atoms with van der Waals surface area (Å²) >= 11 is 0. The molecule has 1 aliphatic rings. The van der Waals surface area contributed by atoms with Crippen molar-refractivity contribution in [2.75, 3.05) is 0 Å². The molecule has 1 aliphatic carbocycles. The first-order valence-corrected chi connectivity index (χ1v) is 9.24. The minimum Gasteiger partial charge on any atom is -0.508 e. The molecule has 3 aromatic rings. The number of carbonyl (C=O) groups is 2. The van der Waals surface area contributed by atoms with Gasteiger partial charge in [-0.3, -0.25) is 19.4 Å². The number of hydrogen-bond acceptors (Lipinski definition) is 4. The first-order chi connectivity index (χ1) is 15.9. The molecule has 3 aromatic carbocycles. The van der Waals surface area contributed by atoms with Gasteiger partial charge in [0.25, 0.3) is 0 Å². The van der Waals surface area contributed by atoms with Gasteiger partial charge in [0.2, 0.25) is 11.6 Å². The number of carbonyl (C=O) groups excluding carboxylic acids is 2. The first kappa shape index (κ1) is 26.0. The fourth-order valence-electron chi connectivity index (χ4n) is 2.69. The van der Waals surface area contributed by atoms with Crippen molar-refractivity contribution in [3.05, 3.63) is 133 Å². The third-order valence-electron chi connectivity index (χ3n) is 4.12. The van der Waals surface area contributed by atoms with Gasteiger partial charge in [-0.25, -0.2) is 0 Å². The monoisotopic (exact) mass is 442 g/mol. The van der Waals surface area contributed by atoms with Crippen LogP contribution in [0.5, 0.6) is 11.5 Å². The molecule has 10 nitrogen and oxygen atoms in total. The van der Waals surface area contributed by atoms with Crippen molar-refractivity contribution in [3.8, 4) is 11.5 Å². The maximum Gasteiger partial charge on any atom is 0.233 e. The number of Topliss-reactive ketones (excluding diaryl/α,β-unsaturated/α-hetero) is 1. The number of ketones is 2. The van der Waals surface area contributed by atoms with Crippen molar-refractivity contribution < 1.29 is 19.8 Å². The average molecular weight is 442 g/mol. The molecule has 2 N–H and O–H groups in total. The van der Waals surface area contributed by atoms with Crippen LogP contribution in [0.25, 0.3) is 38.0 Å². The lowest BCUT2D eigenvalue weighted by molar-refractivity contribution is -0.110. The molecule has 0 bridgehead atoms. The number of benzene rings is 3. The highest BCUT2D eigenvalue weighted by molar-refractivity contribution is 6.49. The minimum absolute atomic E-state index is 0.282. The Morgan fingerprint density at radius 3 is 1.52 bits per heavy atom. The van der Waals surface area contributed by atoms with Crippen molar-refractivity contribution >= 4 is 17.6 Å². The number of fused-ring (bicyclic) bond motifs is 1. The van der Waals surface area contributed by atoms with Crippen LogP contribution in [0.3, 0.4) is 0 Å². The van der Waals surface area contributed by atoms with E-state index in [0.717, 1.165) is 23.1 Å². The standard InChI is InChI=1S/C13H12O2.C10H6O2.2N3/c14-12-5-1-10(2-6-12)9-11-3-7-13(15)8-4-11;11-9-6-5-7-3-1-2-4-8(7)10(9)12;2*1-3-2/h1-8,14-15H,9H2;1-6H;;/q;;2*-1. The van der Waals surface area contributed by atoms with Crippen LogP contribution in [0.15, 0.2) is 78.9 Å². The number of allylic oxidation sites excluding steroid dienone is 1. The van der Waals surface area contributed by atoms with Gasteiger partial charge in [-0.15, -0.1) is 0 Å². The highest BCUT2D eigenvalue weighted by atomic mass is 16.3. The Morgan fingerprint density at radius 2 is 1.06 bits per heavy atom. The molecule has 10 heteroatoms. The van der Waals surface area contributed by atoms with Crippen LogP contribution >= 0.6 is 0 Å². The summed E-state index contributed by atoms with van der Waals surface area (Å²) in [5.41, 5.74) is 30.6. The quantitative estimate of drug-likeness (QED) is 0.216. The van der Waals surface area contributed by atoms with E-state index in [4.69, 9.17) is 32.3 Å². The summed E-state index contributed by atoms with van der Waals surface area (Å²) in [6, 6.07) is 21.3. The number of phenols is 2. The minimum atomic E-state index is -0.436. The number of rotatable bonds is 2. The lowest BCUT2D eigenvalue weighted by Crippen LogP contribution is -2.15. The van der Waals surface area contributed by atoms with E-state index in [0.29, 0.717) is 5.56 Å². The Labute approximate surface area is 188 Å². The molecule has 4 rings (SSSR count). The van der Waals surface area contributed by atoms with Gasteiger partial charge in [0.1, 0.15) is 11.5 Å². The van der Waals surface area contributed by atoms with Crippen LogP contribution in [0.4, 0.5) is 0 Å². The van der Waals surface area contributed by atoms with E-state index in [2.05, 4.69) is 0 Å². The third kappa shape index (κ3) is 9.10. The molecule has 33 heavy (non-hydrogen) atoms. The SMILES string of the molecule is O=C1C=Cc2ccccc2C1=O.Oc1ccc(Cc2ccc(O)cc2)cc1.[N-]=[N+]=[N-].[N-]=[N+]=[N-]. The van der Waals surface area contributed by atoms with Gasteiger partial charge in [0.15, 0.2) is 0 Å². The van der Waals surface area contributed by atoms with Crippen LogP contribution in [0.1, 0.15) is 27.0 Å². The van der Waals surface area contributed by atoms with E-state index in [-0.39, 0.29) is 11.5 Å². The van der Waals surface area contributed by atoms with Crippen molar-refractivity contribution in [3.63, 3.8) is 0 Å². The molecule has 0 fully saturated rings. The zero-order valence-corrected chi connectivity index (χ0v) is 17.2. The van der Waals surface area contributed by atoms with Gasteiger partial charge in [-0.1, -0.05) is 54.6 Å². The Morgan fingerprint density at radius 1 is 0.636 bits per heavy atom. The smallest absolute Gasteiger partial charge is 0.233 e. The molecule has 0 saturated heterocycles. The summed E-state index contributed by atoms with van der Waals surface area (Å²) in [6.07, 6.45) is 3.78. The summed E-state index contributed by atoms with van der Waals surface area (Å²) < 4.78 is 0. The van der Waals surface area contributed by atoms with E-state index < -0.39 is 11.6 Å². The number of nitrogens with zero attached hydrogens (tertiary/aromatic N) is 6. The lowest BCUT2D eigenvalue weighted by Gasteiger charge is -2.06. The summed E-state index contributed by atoms with van der Waals surface area (Å²) in [5, 5.41) is 18.3. The fourth-order valence-corrected chi connectivity index (χ4v) is 2.69. The van der Waals surface area contributed by atoms with Gasteiger partial charge in [-0.2, -0.15) is 0 Å². The summed E-state index contributed by atoms with van der Waals surface area (Å²) in [4.78, 5) is 25.1. The Balaban J connectivity index is 0.000000271. The lowest BCUT2D eigenvalue weighted by atomic mass is 9.96. The highest BCUT2D eigenvalue weighted by Crippen LogP contribution is 2.17. The van der Waals surface area contributed by atoms with E-state index >= 15 is 0 Å². The molecule has 0 unspecified atom stereocenters. The maximum absolute atomic E-state index is 11.2. The second kappa shape index (κ2) is 14.1. The molecule has 0 aliphatic heterocycles. The third-order valence-corrected chi connectivity index (χ3v) is 4.12. The Hall–Kier alpha value is -5.04. The fraction of sp³-hybridized carbons (Fsp3) is 0.0435. The predicted molar refractivity (Wildman–Crippen MR) is 124 cm³/mol. The van der Waals surface area contributed by atoms with Gasteiger partial charge >= 0.3 is 0 Å². The molecule has 0 spiro atoms. The van der Waals surface area contributed by atoms with Gasteiger partial charge in [0, 0.05) is 5.56 Å². The van der Waals surface area contributed by atoms with Crippen molar-refractivity contribution in [2.45, 2.75) is 6.42 Å². The summed E-state index contributed by atoms with van der Waals surface area (Å²) in [5.74, 6) is -0.282. The summed E-state index contributed by atoms with van der Waals surface area (Å²) in [6.45, 7) is 0. The van der Waals surface area contributed by atoms with Gasteiger partial charge < -0.3 is 32.3 Å². The molecule has 0 radical (unpaired) electrons. The van der Waals surface area contributed by atoms with Crippen LogP contribution in [0.2, 0.25) is 0 Å². The average Bonchev–Trinajstić information content (AvgIpc) is 2.81. The Kier molecular flexibility index (Phi) is 11.1. The van der Waals surface area contributed by atoms with Crippen molar-refractivity contribution in [2.24, 2.45) is 0 Å². The molecular formula is C23H18N6O4-2. The molecule has 0 heterocycles. The number of aromatic hydroxyl groups is 2. The zero-order chi connectivity index (χ0) is 24.6. The molecule has 166 valence electrons. The second-order valence-electron chi connectivity index (χ2n) is 6.30. The van der Waals surface area contributed by atoms with Crippen LogP contribution in [-0.2, 0) is 11.2 Å². The molecule has 0 aromatic heterocycles. The largest absolute Gasteiger partial charge is 0.508 e. The topological polar surface area (TPSA) is 192 Å². The van der Waals surface area contributed by atoms with E-state index in [9.17, 15) is 9.59 Å². The van der Waals surface area contributed by atoms with E-state index in [1.165, 1.54) is 15.9 Å². The zero-order valence-electron chi connectivity index (χ0n) is 17.2. The van der Waals surface area contributed by atoms with Gasteiger partial charge in [-0.05, 0) is 53.5 Å². The van der Waals surface area contributed by atoms with Crippen LogP contribution in [0, 0.1) is 0 Å². The van der Waals surface area contributed by atoms with E-state index in [1.807, 2.05) is 36.4 Å². The van der Waals surface area contributed by atoms with E-state index in [1.54, 1.807) is 42.5 Å². The molecule has 0 atom stereocenters. The summed E-state index contributed by atoms with van der Waals surface area (Å²) in [7, 11) is 0. The molecule has 0 amide bonds. The maximum atomic E-state index is 11.2.